The zero-order valence-corrected chi connectivity index (χ0v) is 10.0. The van der Waals surface area contributed by atoms with Crippen molar-refractivity contribution in [3.8, 4) is 0 Å². The minimum absolute atomic E-state index is 0.147. The van der Waals surface area contributed by atoms with E-state index >= 15 is 0 Å². The summed E-state index contributed by atoms with van der Waals surface area (Å²) in [5.74, 6) is 0.147. The lowest BCUT2D eigenvalue weighted by molar-refractivity contribution is -0.130. The maximum absolute atomic E-state index is 11.8. The lowest BCUT2D eigenvalue weighted by atomic mass is 10.1. The van der Waals surface area contributed by atoms with E-state index in [1.54, 1.807) is 6.20 Å². The van der Waals surface area contributed by atoms with Crippen LogP contribution in [0.1, 0.15) is 31.7 Å². The molecule has 0 saturated carbocycles. The Labute approximate surface area is 94.5 Å². The van der Waals surface area contributed by atoms with Crippen LogP contribution in [0.2, 0.25) is 0 Å². The van der Waals surface area contributed by atoms with Crippen molar-refractivity contribution in [3.63, 3.8) is 0 Å². The molecule has 0 bridgehead atoms. The highest BCUT2D eigenvalue weighted by molar-refractivity contribution is 7.09. The molecule has 0 radical (unpaired) electrons. The van der Waals surface area contributed by atoms with Gasteiger partial charge in [0.2, 0.25) is 0 Å². The molecule has 1 atom stereocenters. The summed E-state index contributed by atoms with van der Waals surface area (Å²) >= 11 is 1.52. The lowest BCUT2D eigenvalue weighted by Crippen LogP contribution is -2.25. The molecule has 0 N–H and O–H groups in total. The SMILES string of the molecule is CCCC(OCC)C(=O)Cc1nccs1. The number of carbonyl (C=O) groups is 1. The predicted octanol–water partition coefficient (Wildman–Crippen LogP) is 2.46. The number of nitrogens with zero attached hydrogens (tertiary/aromatic N) is 1. The number of thiazole rings is 1. The van der Waals surface area contributed by atoms with Gasteiger partial charge in [-0.25, -0.2) is 4.98 Å². The van der Waals surface area contributed by atoms with Crippen LogP contribution in [0.3, 0.4) is 0 Å². The van der Waals surface area contributed by atoms with Gasteiger partial charge in [0.25, 0.3) is 0 Å². The third kappa shape index (κ3) is 4.10. The summed E-state index contributed by atoms with van der Waals surface area (Å²) in [6.07, 6.45) is 3.65. The number of ether oxygens (including phenoxy) is 1. The first-order chi connectivity index (χ1) is 7.27. The smallest absolute Gasteiger partial charge is 0.168 e. The van der Waals surface area contributed by atoms with Crippen molar-refractivity contribution in [2.45, 2.75) is 39.2 Å². The van der Waals surface area contributed by atoms with E-state index in [1.165, 1.54) is 11.3 Å². The molecule has 3 nitrogen and oxygen atoms in total. The van der Waals surface area contributed by atoms with Crippen LogP contribution >= 0.6 is 11.3 Å². The molecule has 0 aromatic carbocycles. The van der Waals surface area contributed by atoms with Gasteiger partial charge in [-0.1, -0.05) is 13.3 Å². The van der Waals surface area contributed by atoms with Crippen molar-refractivity contribution in [1.82, 2.24) is 4.98 Å². The fourth-order valence-electron chi connectivity index (χ4n) is 1.40. The van der Waals surface area contributed by atoms with Gasteiger partial charge in [-0.05, 0) is 13.3 Å². The largest absolute Gasteiger partial charge is 0.371 e. The number of Topliss-reactive ketones (excluding diaryl/α,β-unsaturated/α-hetero) is 1. The molecule has 1 rings (SSSR count). The Kier molecular flexibility index (Phi) is 5.50. The van der Waals surface area contributed by atoms with Gasteiger partial charge in [-0.3, -0.25) is 4.79 Å². The summed E-state index contributed by atoms with van der Waals surface area (Å²) < 4.78 is 5.42. The van der Waals surface area contributed by atoms with Crippen molar-refractivity contribution in [2.24, 2.45) is 0 Å². The molecule has 0 aliphatic heterocycles. The number of hydrogen-bond acceptors (Lipinski definition) is 4. The van der Waals surface area contributed by atoms with Gasteiger partial charge in [0, 0.05) is 18.2 Å². The van der Waals surface area contributed by atoms with Gasteiger partial charge < -0.3 is 4.74 Å². The van der Waals surface area contributed by atoms with Gasteiger partial charge in [0.15, 0.2) is 5.78 Å². The fraction of sp³-hybridized carbons (Fsp3) is 0.636. The number of rotatable bonds is 7. The summed E-state index contributed by atoms with van der Waals surface area (Å²) in [7, 11) is 0. The molecule has 0 amide bonds. The van der Waals surface area contributed by atoms with Crippen LogP contribution in [0.5, 0.6) is 0 Å². The van der Waals surface area contributed by atoms with E-state index in [0.717, 1.165) is 17.8 Å². The number of hydrogen-bond donors (Lipinski definition) is 0. The van der Waals surface area contributed by atoms with Crippen LogP contribution in [-0.2, 0) is 16.0 Å². The van der Waals surface area contributed by atoms with E-state index in [4.69, 9.17) is 4.74 Å². The third-order valence-electron chi connectivity index (χ3n) is 2.09. The maximum Gasteiger partial charge on any atom is 0.168 e. The van der Waals surface area contributed by atoms with Crippen molar-refractivity contribution >= 4 is 17.1 Å². The molecule has 0 saturated heterocycles. The van der Waals surface area contributed by atoms with Gasteiger partial charge >= 0.3 is 0 Å². The van der Waals surface area contributed by atoms with Crippen LogP contribution < -0.4 is 0 Å². The van der Waals surface area contributed by atoms with Crippen molar-refractivity contribution in [3.05, 3.63) is 16.6 Å². The molecule has 1 aromatic rings. The molecule has 0 aliphatic rings. The highest BCUT2D eigenvalue weighted by atomic mass is 32.1. The summed E-state index contributed by atoms with van der Waals surface area (Å²) in [5, 5.41) is 2.76. The van der Waals surface area contributed by atoms with E-state index < -0.39 is 0 Å². The molecule has 1 aromatic heterocycles. The molecule has 0 fully saturated rings. The average molecular weight is 227 g/mol. The maximum atomic E-state index is 11.8. The van der Waals surface area contributed by atoms with Crippen LogP contribution in [0, 0.1) is 0 Å². The second kappa shape index (κ2) is 6.69. The van der Waals surface area contributed by atoms with Gasteiger partial charge in [0.1, 0.15) is 6.10 Å². The van der Waals surface area contributed by atoms with Gasteiger partial charge in [0.05, 0.1) is 11.4 Å². The Balaban J connectivity index is 2.48. The average Bonchev–Trinajstić information content (AvgIpc) is 2.70. The summed E-state index contributed by atoms with van der Waals surface area (Å²) in [4.78, 5) is 15.9. The molecular formula is C11H17NO2S. The Bertz CT molecular complexity index is 279. The minimum atomic E-state index is -0.246. The van der Waals surface area contributed by atoms with E-state index in [0.29, 0.717) is 13.0 Å². The Morgan fingerprint density at radius 3 is 2.93 bits per heavy atom. The summed E-state index contributed by atoms with van der Waals surface area (Å²) in [6.45, 7) is 4.57. The van der Waals surface area contributed by atoms with Gasteiger partial charge in [-0.2, -0.15) is 0 Å². The Morgan fingerprint density at radius 1 is 1.60 bits per heavy atom. The minimum Gasteiger partial charge on any atom is -0.371 e. The van der Waals surface area contributed by atoms with Crippen LogP contribution in [0.25, 0.3) is 0 Å². The quantitative estimate of drug-likeness (QED) is 0.718. The molecule has 1 unspecified atom stereocenters. The normalized spacial score (nSPS) is 12.7. The molecule has 1 heterocycles. The zero-order chi connectivity index (χ0) is 11.1. The highest BCUT2D eigenvalue weighted by Crippen LogP contribution is 2.10. The Morgan fingerprint density at radius 2 is 2.40 bits per heavy atom. The molecule has 0 aliphatic carbocycles. The number of aromatic nitrogens is 1. The standard InChI is InChI=1S/C11H17NO2S/c1-3-5-10(14-4-2)9(13)8-11-12-6-7-15-11/h6-7,10H,3-5,8H2,1-2H3. The first kappa shape index (κ1) is 12.3. The van der Waals surface area contributed by atoms with Crippen molar-refractivity contribution in [2.75, 3.05) is 6.61 Å². The van der Waals surface area contributed by atoms with Gasteiger partial charge in [-0.15, -0.1) is 11.3 Å². The van der Waals surface area contributed by atoms with E-state index in [9.17, 15) is 4.79 Å². The molecule has 15 heavy (non-hydrogen) atoms. The highest BCUT2D eigenvalue weighted by Gasteiger charge is 2.18. The second-order valence-corrected chi connectivity index (χ2v) is 4.28. The summed E-state index contributed by atoms with van der Waals surface area (Å²) in [6, 6.07) is 0. The van der Waals surface area contributed by atoms with E-state index in [-0.39, 0.29) is 11.9 Å². The monoisotopic (exact) mass is 227 g/mol. The van der Waals surface area contributed by atoms with Crippen molar-refractivity contribution < 1.29 is 9.53 Å². The fourth-order valence-corrected chi connectivity index (χ4v) is 2.03. The first-order valence-corrected chi connectivity index (χ1v) is 6.18. The lowest BCUT2D eigenvalue weighted by Gasteiger charge is -2.13. The Hall–Kier alpha value is -0.740. The number of carbonyl (C=O) groups excluding carboxylic acids is 1. The van der Waals surface area contributed by atoms with Crippen LogP contribution in [0.4, 0.5) is 0 Å². The predicted molar refractivity (Wildman–Crippen MR) is 61.1 cm³/mol. The first-order valence-electron chi connectivity index (χ1n) is 5.30. The molecule has 84 valence electrons. The molecule has 4 heteroatoms. The zero-order valence-electron chi connectivity index (χ0n) is 9.23. The third-order valence-corrected chi connectivity index (χ3v) is 2.87. The van der Waals surface area contributed by atoms with Crippen molar-refractivity contribution in [1.29, 1.82) is 0 Å². The number of ketones is 1. The summed E-state index contributed by atoms with van der Waals surface area (Å²) in [5.41, 5.74) is 0. The topological polar surface area (TPSA) is 39.2 Å². The van der Waals surface area contributed by atoms with Crippen LogP contribution in [0.15, 0.2) is 11.6 Å². The van der Waals surface area contributed by atoms with E-state index in [1.807, 2.05) is 12.3 Å². The second-order valence-electron chi connectivity index (χ2n) is 3.30. The molecule has 0 spiro atoms. The van der Waals surface area contributed by atoms with E-state index in [2.05, 4.69) is 11.9 Å². The van der Waals surface area contributed by atoms with Crippen LogP contribution in [-0.4, -0.2) is 23.5 Å². The molecular weight excluding hydrogens is 210 g/mol.